The zero-order chi connectivity index (χ0) is 16.9. The first-order valence-corrected chi connectivity index (χ1v) is 9.15. The van der Waals surface area contributed by atoms with Gasteiger partial charge in [-0.15, -0.1) is 10.2 Å². The Morgan fingerprint density at radius 1 is 1.33 bits per heavy atom. The zero-order valence-electron chi connectivity index (χ0n) is 13.8. The average Bonchev–Trinajstić information content (AvgIpc) is 3.32. The lowest BCUT2D eigenvalue weighted by Gasteiger charge is -2.09. The molecule has 1 aromatic carbocycles. The Morgan fingerprint density at radius 3 is 2.75 bits per heavy atom. The molecule has 128 valence electrons. The van der Waals surface area contributed by atoms with E-state index in [-0.39, 0.29) is 5.91 Å². The molecule has 3 rings (SSSR count). The van der Waals surface area contributed by atoms with Crippen LogP contribution in [0.25, 0.3) is 0 Å². The van der Waals surface area contributed by atoms with Crippen LogP contribution in [0.2, 0.25) is 0 Å². The van der Waals surface area contributed by atoms with Gasteiger partial charge in [0.1, 0.15) is 11.6 Å². The minimum atomic E-state index is -0.302. The van der Waals surface area contributed by atoms with Gasteiger partial charge in [0.15, 0.2) is 5.16 Å². The van der Waals surface area contributed by atoms with E-state index in [1.54, 1.807) is 11.8 Å². The number of ether oxygens (including phenoxy) is 1. The van der Waals surface area contributed by atoms with Gasteiger partial charge in [-0.05, 0) is 31.9 Å². The first-order chi connectivity index (χ1) is 11.6. The van der Waals surface area contributed by atoms with Gasteiger partial charge in [-0.2, -0.15) is 0 Å². The molecule has 0 unspecified atom stereocenters. The van der Waals surface area contributed by atoms with Crippen molar-refractivity contribution in [2.75, 3.05) is 12.4 Å². The summed E-state index contributed by atoms with van der Waals surface area (Å²) < 4.78 is 7.78. The van der Waals surface area contributed by atoms with E-state index in [0.29, 0.717) is 25.5 Å². The van der Waals surface area contributed by atoms with Crippen LogP contribution in [-0.2, 0) is 11.3 Å². The Balaban J connectivity index is 1.54. The molecule has 1 heterocycles. The molecule has 1 amide bonds. The van der Waals surface area contributed by atoms with Crippen molar-refractivity contribution in [3.63, 3.8) is 0 Å². The van der Waals surface area contributed by atoms with Gasteiger partial charge in [0.25, 0.3) is 0 Å². The molecule has 0 aliphatic heterocycles. The van der Waals surface area contributed by atoms with Crippen LogP contribution in [0.1, 0.15) is 36.6 Å². The van der Waals surface area contributed by atoms with E-state index in [1.165, 1.54) is 5.56 Å². The maximum Gasteiger partial charge on any atom is 0.219 e. The van der Waals surface area contributed by atoms with Crippen LogP contribution in [-0.4, -0.2) is 33.0 Å². The highest BCUT2D eigenvalue weighted by molar-refractivity contribution is 7.99. The minimum Gasteiger partial charge on any atom is -0.493 e. The second-order valence-electron chi connectivity index (χ2n) is 5.99. The van der Waals surface area contributed by atoms with Crippen molar-refractivity contribution in [1.29, 1.82) is 0 Å². The van der Waals surface area contributed by atoms with E-state index in [2.05, 4.69) is 17.1 Å². The van der Waals surface area contributed by atoms with Crippen molar-refractivity contribution >= 4 is 17.7 Å². The predicted octanol–water partition coefficient (Wildman–Crippen LogP) is 2.51. The largest absolute Gasteiger partial charge is 0.493 e. The Morgan fingerprint density at radius 2 is 2.08 bits per heavy atom. The summed E-state index contributed by atoms with van der Waals surface area (Å²) >= 11 is 1.60. The summed E-state index contributed by atoms with van der Waals surface area (Å²) in [6, 6.07) is 8.01. The van der Waals surface area contributed by atoms with Crippen LogP contribution in [0.5, 0.6) is 5.75 Å². The van der Waals surface area contributed by atoms with Gasteiger partial charge in [0, 0.05) is 24.6 Å². The summed E-state index contributed by atoms with van der Waals surface area (Å²) in [5.74, 6) is 2.81. The lowest BCUT2D eigenvalue weighted by atomic mass is 10.2. The van der Waals surface area contributed by atoms with Crippen LogP contribution < -0.4 is 10.5 Å². The first kappa shape index (κ1) is 16.8. The van der Waals surface area contributed by atoms with Gasteiger partial charge in [-0.1, -0.05) is 29.5 Å². The number of primary amides is 1. The Labute approximate surface area is 145 Å². The number of amides is 1. The number of rotatable bonds is 9. The van der Waals surface area contributed by atoms with Crippen molar-refractivity contribution in [1.82, 2.24) is 14.8 Å². The molecule has 0 bridgehead atoms. The number of hydrogen-bond donors (Lipinski definition) is 1. The third-order valence-corrected chi connectivity index (χ3v) is 4.80. The molecule has 24 heavy (non-hydrogen) atoms. The van der Waals surface area contributed by atoms with Gasteiger partial charge >= 0.3 is 0 Å². The van der Waals surface area contributed by atoms with Gasteiger partial charge in [0.2, 0.25) is 5.91 Å². The highest BCUT2D eigenvalue weighted by Crippen LogP contribution is 2.40. The maximum atomic E-state index is 11.1. The summed E-state index contributed by atoms with van der Waals surface area (Å²) in [4.78, 5) is 11.1. The number of nitrogens with zero attached hydrogens (tertiary/aromatic N) is 3. The molecule has 0 spiro atoms. The molecular weight excluding hydrogens is 324 g/mol. The number of thioether (sulfide) groups is 1. The maximum absolute atomic E-state index is 11.1. The van der Waals surface area contributed by atoms with Crippen molar-refractivity contribution in [3.05, 3.63) is 35.7 Å². The SMILES string of the molecule is Cc1ccc(OCCSc2nnc(C3CC3)n2CCC(N)=O)cc1. The predicted molar refractivity (Wildman–Crippen MR) is 93.2 cm³/mol. The monoisotopic (exact) mass is 346 g/mol. The van der Waals surface area contributed by atoms with E-state index in [9.17, 15) is 4.79 Å². The zero-order valence-corrected chi connectivity index (χ0v) is 14.6. The molecule has 7 heteroatoms. The highest BCUT2D eigenvalue weighted by atomic mass is 32.2. The Bertz CT molecular complexity index is 695. The topological polar surface area (TPSA) is 83.0 Å². The fraction of sp³-hybridized carbons (Fsp3) is 0.471. The number of nitrogens with two attached hydrogens (primary N) is 1. The normalized spacial score (nSPS) is 13.9. The van der Waals surface area contributed by atoms with Gasteiger partial charge in [0.05, 0.1) is 6.61 Å². The van der Waals surface area contributed by atoms with Crippen molar-refractivity contribution in [2.24, 2.45) is 5.73 Å². The second kappa shape index (κ2) is 7.70. The van der Waals surface area contributed by atoms with E-state index in [4.69, 9.17) is 10.5 Å². The number of carbonyl (C=O) groups excluding carboxylic acids is 1. The molecular formula is C17H22N4O2S. The highest BCUT2D eigenvalue weighted by Gasteiger charge is 2.30. The molecule has 0 saturated heterocycles. The van der Waals surface area contributed by atoms with Crippen molar-refractivity contribution in [3.8, 4) is 5.75 Å². The first-order valence-electron chi connectivity index (χ1n) is 8.17. The van der Waals surface area contributed by atoms with E-state index in [0.717, 1.165) is 35.3 Å². The van der Waals surface area contributed by atoms with Gasteiger partial charge < -0.3 is 15.0 Å². The summed E-state index contributed by atoms with van der Waals surface area (Å²) in [6.45, 7) is 3.19. The third kappa shape index (κ3) is 4.50. The minimum absolute atomic E-state index is 0.302. The van der Waals surface area contributed by atoms with E-state index >= 15 is 0 Å². The molecule has 1 aliphatic rings. The summed E-state index contributed by atoms with van der Waals surface area (Å²) in [7, 11) is 0. The van der Waals surface area contributed by atoms with Crippen LogP contribution in [0, 0.1) is 6.92 Å². The van der Waals surface area contributed by atoms with Crippen molar-refractivity contribution < 1.29 is 9.53 Å². The number of aromatic nitrogens is 3. The van der Waals surface area contributed by atoms with Crippen LogP contribution in [0.15, 0.2) is 29.4 Å². The number of hydrogen-bond acceptors (Lipinski definition) is 5. The van der Waals surface area contributed by atoms with Crippen LogP contribution in [0.3, 0.4) is 0 Å². The summed E-state index contributed by atoms with van der Waals surface area (Å²) in [5, 5.41) is 9.42. The van der Waals surface area contributed by atoms with E-state index in [1.807, 2.05) is 28.8 Å². The molecule has 0 radical (unpaired) electrons. The molecule has 1 aliphatic carbocycles. The molecule has 1 saturated carbocycles. The molecule has 2 aromatic rings. The average molecular weight is 346 g/mol. The van der Waals surface area contributed by atoms with Gasteiger partial charge in [-0.3, -0.25) is 4.79 Å². The smallest absolute Gasteiger partial charge is 0.219 e. The molecule has 2 N–H and O–H groups in total. The molecule has 0 atom stereocenters. The third-order valence-electron chi connectivity index (χ3n) is 3.87. The number of aryl methyl sites for hydroxylation is 1. The molecule has 6 nitrogen and oxygen atoms in total. The summed E-state index contributed by atoms with van der Waals surface area (Å²) in [5.41, 5.74) is 6.49. The van der Waals surface area contributed by atoms with Crippen LogP contribution >= 0.6 is 11.8 Å². The molecule has 1 aromatic heterocycles. The fourth-order valence-electron chi connectivity index (χ4n) is 2.41. The van der Waals surface area contributed by atoms with Gasteiger partial charge in [-0.25, -0.2) is 0 Å². The Kier molecular flexibility index (Phi) is 5.40. The van der Waals surface area contributed by atoms with Crippen LogP contribution in [0.4, 0.5) is 0 Å². The second-order valence-corrected chi connectivity index (χ2v) is 7.06. The van der Waals surface area contributed by atoms with E-state index < -0.39 is 0 Å². The Hall–Kier alpha value is -2.02. The lowest BCUT2D eigenvalue weighted by molar-refractivity contribution is -0.118. The fourth-order valence-corrected chi connectivity index (χ4v) is 3.20. The quantitative estimate of drug-likeness (QED) is 0.557. The number of carbonyl (C=O) groups is 1. The standard InChI is InChI=1S/C17H22N4O2S/c1-12-2-6-14(7-3-12)23-10-11-24-17-20-19-16(13-4-5-13)21(17)9-8-15(18)22/h2-3,6-7,13H,4-5,8-11H2,1H3,(H2,18,22). The summed E-state index contributed by atoms with van der Waals surface area (Å²) in [6.07, 6.45) is 2.61. The molecule has 1 fully saturated rings. The lowest BCUT2D eigenvalue weighted by Crippen LogP contribution is -2.15. The number of benzene rings is 1. The van der Waals surface area contributed by atoms with Crippen molar-refractivity contribution in [2.45, 2.75) is 43.8 Å².